The molecule has 0 spiro atoms. The summed E-state index contributed by atoms with van der Waals surface area (Å²) < 4.78 is 28.3. The molecule has 1 aliphatic rings. The van der Waals surface area contributed by atoms with Crippen molar-refractivity contribution < 1.29 is 13.5 Å². The molecule has 0 fully saturated rings. The summed E-state index contributed by atoms with van der Waals surface area (Å²) in [5.74, 6) is -0.370. The Kier molecular flexibility index (Phi) is 3.11. The molecule has 3 aromatic rings. The van der Waals surface area contributed by atoms with Crippen molar-refractivity contribution in [2.24, 2.45) is 4.40 Å². The lowest BCUT2D eigenvalue weighted by molar-refractivity contribution is 0.476. The number of guanidine groups is 1. The Labute approximate surface area is 140 Å². The number of halogens is 1. The third-order valence-corrected chi connectivity index (χ3v) is 4.90. The molecule has 2 heterocycles. The zero-order chi connectivity index (χ0) is 16.9. The number of nitrogens with one attached hydrogen (secondary N) is 3. The van der Waals surface area contributed by atoms with Gasteiger partial charge in [0.2, 0.25) is 5.96 Å². The van der Waals surface area contributed by atoms with Crippen molar-refractivity contribution in [1.29, 1.82) is 0 Å². The Morgan fingerprint density at radius 3 is 2.88 bits per heavy atom. The number of fused-ring (bicyclic) bond motifs is 2. The SMILES string of the molecule is O=S1(=O)N=C(Nc2cccc3n[nH]nc23)Nc2c(O)cc(Cl)cc21. The van der Waals surface area contributed by atoms with Crippen LogP contribution in [0.25, 0.3) is 11.0 Å². The molecule has 0 unspecified atom stereocenters. The van der Waals surface area contributed by atoms with E-state index in [2.05, 4.69) is 30.4 Å². The molecular formula is C13H9ClN6O3S. The van der Waals surface area contributed by atoms with Gasteiger partial charge >= 0.3 is 0 Å². The van der Waals surface area contributed by atoms with E-state index < -0.39 is 10.0 Å². The van der Waals surface area contributed by atoms with Crippen LogP contribution in [-0.2, 0) is 10.0 Å². The van der Waals surface area contributed by atoms with Gasteiger partial charge in [0, 0.05) is 11.1 Å². The maximum atomic E-state index is 12.3. The number of phenolic OH excluding ortho intramolecular Hbond substituents is 1. The first-order valence-corrected chi connectivity index (χ1v) is 8.47. The number of hydrogen-bond donors (Lipinski definition) is 4. The van der Waals surface area contributed by atoms with Gasteiger partial charge in [-0.25, -0.2) is 0 Å². The quantitative estimate of drug-likeness (QED) is 0.485. The molecule has 2 aromatic carbocycles. The fraction of sp³-hybridized carbons (Fsp3) is 0. The first kappa shape index (κ1) is 14.7. The van der Waals surface area contributed by atoms with Crippen LogP contribution in [0.5, 0.6) is 5.75 Å². The maximum Gasteiger partial charge on any atom is 0.287 e. The van der Waals surface area contributed by atoms with Gasteiger partial charge in [-0.2, -0.15) is 23.8 Å². The van der Waals surface area contributed by atoms with Gasteiger partial charge in [0.25, 0.3) is 10.0 Å². The van der Waals surface area contributed by atoms with Crippen molar-refractivity contribution in [2.75, 3.05) is 10.6 Å². The fourth-order valence-corrected chi connectivity index (χ4v) is 3.75. The van der Waals surface area contributed by atoms with Gasteiger partial charge in [-0.1, -0.05) is 17.7 Å². The lowest BCUT2D eigenvalue weighted by Gasteiger charge is -2.20. The average molecular weight is 365 g/mol. The van der Waals surface area contributed by atoms with E-state index in [1.807, 2.05) is 0 Å². The first-order chi connectivity index (χ1) is 11.4. The van der Waals surface area contributed by atoms with Crippen molar-refractivity contribution in [1.82, 2.24) is 15.4 Å². The van der Waals surface area contributed by atoms with Crippen molar-refractivity contribution >= 4 is 50.0 Å². The van der Waals surface area contributed by atoms with Crippen LogP contribution in [0.4, 0.5) is 11.4 Å². The van der Waals surface area contributed by atoms with Gasteiger partial charge in [0.15, 0.2) is 0 Å². The number of benzene rings is 2. The molecule has 0 saturated heterocycles. The lowest BCUT2D eigenvalue weighted by Crippen LogP contribution is -2.28. The molecule has 4 N–H and O–H groups in total. The van der Waals surface area contributed by atoms with Crippen molar-refractivity contribution in [3.05, 3.63) is 35.4 Å². The van der Waals surface area contributed by atoms with Crippen LogP contribution in [0.3, 0.4) is 0 Å². The van der Waals surface area contributed by atoms with E-state index in [0.29, 0.717) is 16.7 Å². The van der Waals surface area contributed by atoms with Crippen LogP contribution < -0.4 is 10.6 Å². The molecule has 0 atom stereocenters. The Balaban J connectivity index is 1.79. The van der Waals surface area contributed by atoms with Gasteiger partial charge in [-0.05, 0) is 18.2 Å². The first-order valence-electron chi connectivity index (χ1n) is 6.65. The summed E-state index contributed by atoms with van der Waals surface area (Å²) in [6, 6.07) is 7.64. The van der Waals surface area contributed by atoms with Crippen LogP contribution in [0.2, 0.25) is 5.02 Å². The molecule has 0 saturated carbocycles. The normalized spacial score (nSPS) is 15.5. The lowest BCUT2D eigenvalue weighted by atomic mass is 10.2. The molecule has 9 nitrogen and oxygen atoms in total. The summed E-state index contributed by atoms with van der Waals surface area (Å²) in [4.78, 5) is -0.197. The highest BCUT2D eigenvalue weighted by molar-refractivity contribution is 7.90. The predicted molar refractivity (Wildman–Crippen MR) is 88.9 cm³/mol. The van der Waals surface area contributed by atoms with Gasteiger partial charge in [0.1, 0.15) is 27.4 Å². The topological polar surface area (TPSA) is 132 Å². The number of aromatic nitrogens is 3. The molecule has 1 aromatic heterocycles. The standard InChI is InChI=1S/C13H9ClN6O3S/c14-6-4-9(21)12-10(5-6)24(22,23)19-13(16-12)15-7-2-1-3-8-11(7)18-20-17-8/h1-5,21H,(H2,15,16,19)(H,17,18,20). The summed E-state index contributed by atoms with van der Waals surface area (Å²) >= 11 is 5.79. The molecule has 122 valence electrons. The van der Waals surface area contributed by atoms with Crippen LogP contribution in [-0.4, -0.2) is 34.9 Å². The number of aromatic amines is 1. The maximum absolute atomic E-state index is 12.3. The van der Waals surface area contributed by atoms with Crippen LogP contribution in [0.15, 0.2) is 39.6 Å². The molecule has 11 heteroatoms. The number of H-pyrrole nitrogens is 1. The van der Waals surface area contributed by atoms with Crippen LogP contribution >= 0.6 is 11.6 Å². The highest BCUT2D eigenvalue weighted by Gasteiger charge is 2.28. The summed E-state index contributed by atoms with van der Waals surface area (Å²) in [6.45, 7) is 0. The minimum absolute atomic E-state index is 0.00391. The second-order valence-corrected chi connectivity index (χ2v) is 6.97. The Hall–Kier alpha value is -2.85. The van der Waals surface area contributed by atoms with Gasteiger partial charge < -0.3 is 15.7 Å². The van der Waals surface area contributed by atoms with E-state index >= 15 is 0 Å². The number of aromatic hydroxyl groups is 1. The smallest absolute Gasteiger partial charge is 0.287 e. The number of anilines is 2. The molecule has 4 rings (SSSR count). The van der Waals surface area contributed by atoms with E-state index in [0.717, 1.165) is 0 Å². The summed E-state index contributed by atoms with van der Waals surface area (Å²) in [5.41, 5.74) is 1.63. The van der Waals surface area contributed by atoms with E-state index in [1.54, 1.807) is 18.2 Å². The van der Waals surface area contributed by atoms with Crippen LogP contribution in [0, 0.1) is 0 Å². The summed E-state index contributed by atoms with van der Waals surface area (Å²) in [5, 5.41) is 26.1. The van der Waals surface area contributed by atoms with Gasteiger partial charge in [0.05, 0.1) is 5.69 Å². The number of rotatable bonds is 1. The second kappa shape index (κ2) is 5.08. The highest BCUT2D eigenvalue weighted by Crippen LogP contribution is 2.37. The molecular weight excluding hydrogens is 356 g/mol. The molecule has 0 aliphatic carbocycles. The zero-order valence-corrected chi connectivity index (χ0v) is 13.4. The number of phenols is 1. The minimum atomic E-state index is -4.02. The van der Waals surface area contributed by atoms with Crippen molar-refractivity contribution in [2.45, 2.75) is 4.90 Å². The number of hydrogen-bond acceptors (Lipinski definition) is 7. The van der Waals surface area contributed by atoms with E-state index in [1.165, 1.54) is 12.1 Å². The minimum Gasteiger partial charge on any atom is -0.506 e. The number of para-hydroxylation sites is 1. The number of nitrogens with zero attached hydrogens (tertiary/aromatic N) is 3. The highest BCUT2D eigenvalue weighted by atomic mass is 35.5. The van der Waals surface area contributed by atoms with Crippen molar-refractivity contribution in [3.8, 4) is 5.75 Å². The molecule has 1 aliphatic heterocycles. The van der Waals surface area contributed by atoms with E-state index in [9.17, 15) is 13.5 Å². The summed E-state index contributed by atoms with van der Waals surface area (Å²) in [7, 11) is -4.02. The largest absolute Gasteiger partial charge is 0.506 e. The molecule has 24 heavy (non-hydrogen) atoms. The number of sulfonamides is 1. The third-order valence-electron chi connectivity index (χ3n) is 3.38. The Morgan fingerprint density at radius 2 is 2.04 bits per heavy atom. The van der Waals surface area contributed by atoms with Gasteiger partial charge in [-0.15, -0.1) is 4.40 Å². The average Bonchev–Trinajstić information content (AvgIpc) is 2.98. The summed E-state index contributed by atoms with van der Waals surface area (Å²) in [6.07, 6.45) is 0. The fourth-order valence-electron chi connectivity index (χ4n) is 2.36. The Bertz CT molecular complexity index is 1110. The second-order valence-electron chi connectivity index (χ2n) is 4.96. The third kappa shape index (κ3) is 2.32. The van der Waals surface area contributed by atoms with Gasteiger partial charge in [-0.3, -0.25) is 0 Å². The zero-order valence-electron chi connectivity index (χ0n) is 11.8. The predicted octanol–water partition coefficient (Wildman–Crippen LogP) is 1.90. The van der Waals surface area contributed by atoms with E-state index in [-0.39, 0.29) is 27.3 Å². The molecule has 0 amide bonds. The monoisotopic (exact) mass is 364 g/mol. The Morgan fingerprint density at radius 1 is 1.21 bits per heavy atom. The molecule has 0 bridgehead atoms. The molecule has 0 radical (unpaired) electrons. The van der Waals surface area contributed by atoms with Crippen molar-refractivity contribution in [3.63, 3.8) is 0 Å². The van der Waals surface area contributed by atoms with E-state index in [4.69, 9.17) is 11.6 Å². The van der Waals surface area contributed by atoms with Crippen LogP contribution in [0.1, 0.15) is 0 Å².